The fourth-order valence-electron chi connectivity index (χ4n) is 1.74. The van der Waals surface area contributed by atoms with Crippen LogP contribution in [0.25, 0.3) is 0 Å². The van der Waals surface area contributed by atoms with Crippen molar-refractivity contribution in [1.29, 1.82) is 0 Å². The van der Waals surface area contributed by atoms with E-state index in [1.165, 1.54) is 11.8 Å². The standard InChI is InChI=1S/C16H16N2O2S/c17-14(19)16(21-11-12-7-3-1-4-8-12)18-15(20)13-9-5-2-6-10-13/h1-10,16H,11H2,(H2,17,19)(H,18,20)/t16-/m1/s1. The van der Waals surface area contributed by atoms with Gasteiger partial charge in [-0.1, -0.05) is 48.5 Å². The van der Waals surface area contributed by atoms with Gasteiger partial charge in [0, 0.05) is 11.3 Å². The smallest absolute Gasteiger partial charge is 0.252 e. The van der Waals surface area contributed by atoms with E-state index in [9.17, 15) is 9.59 Å². The number of amides is 2. The number of nitrogens with two attached hydrogens (primary N) is 1. The van der Waals surface area contributed by atoms with Crippen LogP contribution in [0.5, 0.6) is 0 Å². The van der Waals surface area contributed by atoms with Crippen molar-refractivity contribution in [2.45, 2.75) is 11.1 Å². The van der Waals surface area contributed by atoms with E-state index in [0.717, 1.165) is 5.56 Å². The molecule has 0 saturated heterocycles. The summed E-state index contributed by atoms with van der Waals surface area (Å²) in [5, 5.41) is 1.90. The maximum atomic E-state index is 12.0. The van der Waals surface area contributed by atoms with Gasteiger partial charge in [0.25, 0.3) is 11.8 Å². The molecule has 0 heterocycles. The molecule has 0 aliphatic heterocycles. The Morgan fingerprint density at radius 3 is 2.14 bits per heavy atom. The molecule has 2 aromatic rings. The van der Waals surface area contributed by atoms with Gasteiger partial charge in [-0.3, -0.25) is 9.59 Å². The van der Waals surface area contributed by atoms with Crippen LogP contribution in [0.3, 0.4) is 0 Å². The summed E-state index contributed by atoms with van der Waals surface area (Å²) in [5.74, 6) is -0.260. The first-order valence-corrected chi connectivity index (χ1v) is 7.52. The molecule has 2 rings (SSSR count). The van der Waals surface area contributed by atoms with Crippen molar-refractivity contribution in [3.8, 4) is 0 Å². The zero-order chi connectivity index (χ0) is 15.1. The van der Waals surface area contributed by atoms with Crippen LogP contribution in [0.1, 0.15) is 15.9 Å². The maximum Gasteiger partial charge on any atom is 0.252 e. The zero-order valence-corrected chi connectivity index (χ0v) is 12.2. The number of carbonyl (C=O) groups is 2. The van der Waals surface area contributed by atoms with Crippen LogP contribution < -0.4 is 11.1 Å². The van der Waals surface area contributed by atoms with Crippen LogP contribution in [-0.4, -0.2) is 17.2 Å². The van der Waals surface area contributed by atoms with Crippen molar-refractivity contribution in [3.63, 3.8) is 0 Å². The highest BCUT2D eigenvalue weighted by Gasteiger charge is 2.19. The average molecular weight is 300 g/mol. The molecule has 0 radical (unpaired) electrons. The Morgan fingerprint density at radius 2 is 1.57 bits per heavy atom. The Balaban J connectivity index is 1.96. The Hall–Kier alpha value is -2.27. The fraction of sp³-hybridized carbons (Fsp3) is 0.125. The van der Waals surface area contributed by atoms with Gasteiger partial charge < -0.3 is 11.1 Å². The third kappa shape index (κ3) is 4.65. The highest BCUT2D eigenvalue weighted by atomic mass is 32.2. The summed E-state index contributed by atoms with van der Waals surface area (Å²) in [7, 11) is 0. The molecule has 108 valence electrons. The van der Waals surface area contributed by atoms with Gasteiger partial charge in [0.2, 0.25) is 0 Å². The first kappa shape index (κ1) is 15.1. The number of rotatable bonds is 6. The van der Waals surface area contributed by atoms with Crippen molar-refractivity contribution in [2.24, 2.45) is 5.73 Å². The third-order valence-electron chi connectivity index (χ3n) is 2.82. The molecule has 2 aromatic carbocycles. The van der Waals surface area contributed by atoms with E-state index < -0.39 is 11.3 Å². The Bertz CT molecular complexity index is 602. The molecule has 5 heteroatoms. The first-order chi connectivity index (χ1) is 10.2. The molecule has 0 aliphatic carbocycles. The van der Waals surface area contributed by atoms with E-state index in [1.54, 1.807) is 24.3 Å². The van der Waals surface area contributed by atoms with Crippen LogP contribution in [0.15, 0.2) is 60.7 Å². The summed E-state index contributed by atoms with van der Waals surface area (Å²) in [6, 6.07) is 18.5. The van der Waals surface area contributed by atoms with E-state index in [4.69, 9.17) is 5.73 Å². The van der Waals surface area contributed by atoms with Crippen LogP contribution in [-0.2, 0) is 10.5 Å². The zero-order valence-electron chi connectivity index (χ0n) is 11.4. The Labute approximate surface area is 127 Å². The molecular weight excluding hydrogens is 284 g/mol. The van der Waals surface area contributed by atoms with Crippen LogP contribution in [0, 0.1) is 0 Å². The molecule has 0 spiro atoms. The molecule has 0 aliphatic rings. The van der Waals surface area contributed by atoms with Crippen LogP contribution in [0.4, 0.5) is 0 Å². The molecule has 21 heavy (non-hydrogen) atoms. The number of benzene rings is 2. The normalized spacial score (nSPS) is 11.6. The van der Waals surface area contributed by atoms with Crippen LogP contribution >= 0.6 is 11.8 Å². The second-order valence-electron chi connectivity index (χ2n) is 4.42. The molecule has 1 atom stereocenters. The lowest BCUT2D eigenvalue weighted by Crippen LogP contribution is -2.42. The van der Waals surface area contributed by atoms with Gasteiger partial charge in [-0.15, -0.1) is 11.8 Å². The number of thioether (sulfide) groups is 1. The van der Waals surface area contributed by atoms with Gasteiger partial charge >= 0.3 is 0 Å². The Morgan fingerprint density at radius 1 is 1.00 bits per heavy atom. The largest absolute Gasteiger partial charge is 0.367 e. The second-order valence-corrected chi connectivity index (χ2v) is 5.51. The third-order valence-corrected chi connectivity index (χ3v) is 4.00. The van der Waals surface area contributed by atoms with Gasteiger partial charge in [0.05, 0.1) is 0 Å². The number of nitrogens with one attached hydrogen (secondary N) is 1. The molecule has 0 bridgehead atoms. The molecule has 0 aromatic heterocycles. The van der Waals surface area contributed by atoms with Crippen molar-refractivity contribution in [3.05, 3.63) is 71.8 Å². The highest BCUT2D eigenvalue weighted by molar-refractivity contribution is 7.99. The number of carbonyl (C=O) groups excluding carboxylic acids is 2. The topological polar surface area (TPSA) is 72.2 Å². The summed E-state index contributed by atoms with van der Waals surface area (Å²) in [5.41, 5.74) is 6.93. The van der Waals surface area contributed by atoms with E-state index in [1.807, 2.05) is 36.4 Å². The predicted octanol–water partition coefficient (Wildman–Crippen LogP) is 2.16. The van der Waals surface area contributed by atoms with Gasteiger partial charge in [0.1, 0.15) is 0 Å². The van der Waals surface area contributed by atoms with Gasteiger partial charge in [0.15, 0.2) is 5.37 Å². The first-order valence-electron chi connectivity index (χ1n) is 6.47. The summed E-state index contributed by atoms with van der Waals surface area (Å²) in [6.45, 7) is 0. The number of hydrogen-bond acceptors (Lipinski definition) is 3. The second kappa shape index (κ2) is 7.50. The highest BCUT2D eigenvalue weighted by Crippen LogP contribution is 2.16. The monoisotopic (exact) mass is 300 g/mol. The van der Waals surface area contributed by atoms with Crippen molar-refractivity contribution in [2.75, 3.05) is 0 Å². The number of hydrogen-bond donors (Lipinski definition) is 2. The molecule has 0 fully saturated rings. The minimum atomic E-state index is -0.752. The lowest BCUT2D eigenvalue weighted by Gasteiger charge is -2.15. The summed E-state index contributed by atoms with van der Waals surface area (Å²) in [4.78, 5) is 23.5. The quantitative estimate of drug-likeness (QED) is 0.803. The SMILES string of the molecule is NC(=O)[C@H](NC(=O)c1ccccc1)SCc1ccccc1. The van der Waals surface area contributed by atoms with E-state index in [2.05, 4.69) is 5.32 Å². The van der Waals surface area contributed by atoms with Crippen LogP contribution in [0.2, 0.25) is 0 Å². The van der Waals surface area contributed by atoms with E-state index in [-0.39, 0.29) is 5.91 Å². The van der Waals surface area contributed by atoms with Crippen molar-refractivity contribution in [1.82, 2.24) is 5.32 Å². The van der Waals surface area contributed by atoms with Gasteiger partial charge in [-0.2, -0.15) is 0 Å². The molecule has 0 unspecified atom stereocenters. The molecular formula is C16H16N2O2S. The summed E-state index contributed by atoms with van der Waals surface area (Å²) in [6.07, 6.45) is 0. The lowest BCUT2D eigenvalue weighted by atomic mass is 10.2. The average Bonchev–Trinajstić information content (AvgIpc) is 2.52. The molecule has 4 nitrogen and oxygen atoms in total. The molecule has 3 N–H and O–H groups in total. The minimum absolute atomic E-state index is 0.306. The Kier molecular flexibility index (Phi) is 5.40. The molecule has 2 amide bonds. The van der Waals surface area contributed by atoms with Gasteiger partial charge in [-0.05, 0) is 17.7 Å². The number of primary amides is 1. The lowest BCUT2D eigenvalue weighted by molar-refractivity contribution is -0.117. The fourth-order valence-corrected chi connectivity index (χ4v) is 2.65. The van der Waals surface area contributed by atoms with Crippen molar-refractivity contribution < 1.29 is 9.59 Å². The predicted molar refractivity (Wildman–Crippen MR) is 84.6 cm³/mol. The van der Waals surface area contributed by atoms with Crippen molar-refractivity contribution >= 4 is 23.6 Å². The maximum absolute atomic E-state index is 12.0. The summed E-state index contributed by atoms with van der Waals surface area (Å²) < 4.78 is 0. The minimum Gasteiger partial charge on any atom is -0.367 e. The van der Waals surface area contributed by atoms with E-state index >= 15 is 0 Å². The molecule has 0 saturated carbocycles. The summed E-state index contributed by atoms with van der Waals surface area (Å²) >= 11 is 1.30. The van der Waals surface area contributed by atoms with Gasteiger partial charge in [-0.25, -0.2) is 0 Å². The van der Waals surface area contributed by atoms with E-state index in [0.29, 0.717) is 11.3 Å².